The molecular formula is C15H24N4O4S. The number of nitrogens with two attached hydrogens (primary N) is 1. The number of carbonyl (C=O) groups is 2. The lowest BCUT2D eigenvalue weighted by Gasteiger charge is -2.17. The maximum Gasteiger partial charge on any atom is 0.309 e. The summed E-state index contributed by atoms with van der Waals surface area (Å²) in [5.41, 5.74) is 0.659. The van der Waals surface area contributed by atoms with Gasteiger partial charge < -0.3 is 15.5 Å². The number of benzene rings is 1. The van der Waals surface area contributed by atoms with E-state index in [9.17, 15) is 18.0 Å². The highest BCUT2D eigenvalue weighted by molar-refractivity contribution is 7.89. The molecule has 9 heteroatoms. The number of primary sulfonamides is 1. The van der Waals surface area contributed by atoms with Gasteiger partial charge >= 0.3 is 11.8 Å². The molecule has 0 atom stereocenters. The first kappa shape index (κ1) is 20.1. The molecule has 4 N–H and O–H groups in total. The number of likely N-dealkylation sites (N-methyl/N-ethyl adjacent to an activating group) is 1. The van der Waals surface area contributed by atoms with Crippen LogP contribution in [0.5, 0.6) is 0 Å². The van der Waals surface area contributed by atoms with Crippen molar-refractivity contribution in [2.75, 3.05) is 26.2 Å². The Morgan fingerprint density at radius 3 is 2.08 bits per heavy atom. The van der Waals surface area contributed by atoms with Crippen LogP contribution in [0.25, 0.3) is 0 Å². The number of amides is 2. The van der Waals surface area contributed by atoms with Crippen LogP contribution >= 0.6 is 0 Å². The van der Waals surface area contributed by atoms with Crippen molar-refractivity contribution in [3.05, 3.63) is 29.8 Å². The lowest BCUT2D eigenvalue weighted by atomic mass is 10.2. The minimum absolute atomic E-state index is 0.00766. The van der Waals surface area contributed by atoms with Crippen LogP contribution in [0.1, 0.15) is 19.4 Å². The van der Waals surface area contributed by atoms with Crippen molar-refractivity contribution in [2.24, 2.45) is 5.14 Å². The third-order valence-electron chi connectivity index (χ3n) is 3.52. The van der Waals surface area contributed by atoms with Gasteiger partial charge in [-0.1, -0.05) is 26.0 Å². The van der Waals surface area contributed by atoms with Crippen LogP contribution in [0.15, 0.2) is 29.2 Å². The van der Waals surface area contributed by atoms with Gasteiger partial charge in [0.05, 0.1) is 4.90 Å². The largest absolute Gasteiger partial charge is 0.347 e. The molecule has 1 aromatic carbocycles. The minimum atomic E-state index is -3.74. The van der Waals surface area contributed by atoms with Gasteiger partial charge in [-0.25, -0.2) is 13.6 Å². The van der Waals surface area contributed by atoms with Crippen molar-refractivity contribution in [2.45, 2.75) is 25.3 Å². The van der Waals surface area contributed by atoms with Crippen molar-refractivity contribution in [1.29, 1.82) is 0 Å². The Morgan fingerprint density at radius 1 is 1.04 bits per heavy atom. The Labute approximate surface area is 142 Å². The topological polar surface area (TPSA) is 122 Å². The molecule has 0 unspecified atom stereocenters. The van der Waals surface area contributed by atoms with E-state index in [4.69, 9.17) is 5.14 Å². The third kappa shape index (κ3) is 6.65. The number of sulfonamides is 1. The minimum Gasteiger partial charge on any atom is -0.347 e. The second-order valence-electron chi connectivity index (χ2n) is 5.15. The van der Waals surface area contributed by atoms with Gasteiger partial charge in [0.1, 0.15) is 0 Å². The molecule has 0 aliphatic carbocycles. The van der Waals surface area contributed by atoms with Gasteiger partial charge in [-0.3, -0.25) is 9.59 Å². The summed E-state index contributed by atoms with van der Waals surface area (Å²) in [4.78, 5) is 25.5. The fourth-order valence-electron chi connectivity index (χ4n) is 2.01. The molecule has 2 amide bonds. The van der Waals surface area contributed by atoms with Crippen LogP contribution in [-0.4, -0.2) is 51.3 Å². The van der Waals surface area contributed by atoms with E-state index in [-0.39, 0.29) is 11.4 Å². The average molecular weight is 356 g/mol. The standard InChI is InChI=1S/C15H24N4O4S/c1-3-19(4-2)10-9-17-14(20)15(21)18-11-12-5-7-13(8-6-12)24(16,22)23/h5-8H,3-4,9-11H2,1-2H3,(H,17,20)(H,18,21)(H2,16,22,23). The molecule has 0 aliphatic heterocycles. The zero-order valence-electron chi connectivity index (χ0n) is 13.9. The molecule has 0 saturated carbocycles. The van der Waals surface area contributed by atoms with Gasteiger partial charge in [0, 0.05) is 19.6 Å². The van der Waals surface area contributed by atoms with Gasteiger partial charge in [-0.2, -0.15) is 0 Å². The first-order valence-electron chi connectivity index (χ1n) is 7.68. The van der Waals surface area contributed by atoms with E-state index >= 15 is 0 Å². The number of carbonyl (C=O) groups excluding carboxylic acids is 2. The zero-order chi connectivity index (χ0) is 18.2. The maximum atomic E-state index is 11.7. The molecule has 1 aromatic rings. The fraction of sp³-hybridized carbons (Fsp3) is 0.467. The summed E-state index contributed by atoms with van der Waals surface area (Å²) in [5.74, 6) is -1.42. The van der Waals surface area contributed by atoms with E-state index < -0.39 is 21.8 Å². The van der Waals surface area contributed by atoms with Crippen LogP contribution < -0.4 is 15.8 Å². The summed E-state index contributed by atoms with van der Waals surface area (Å²) in [6.07, 6.45) is 0. The number of nitrogens with one attached hydrogen (secondary N) is 2. The molecule has 0 aliphatic rings. The summed E-state index contributed by atoms with van der Waals surface area (Å²) >= 11 is 0. The van der Waals surface area contributed by atoms with Crippen LogP contribution in [-0.2, 0) is 26.2 Å². The van der Waals surface area contributed by atoms with Gasteiger partial charge in [-0.05, 0) is 30.8 Å². The Bertz CT molecular complexity index is 655. The van der Waals surface area contributed by atoms with Gasteiger partial charge in [0.25, 0.3) is 0 Å². The lowest BCUT2D eigenvalue weighted by molar-refractivity contribution is -0.139. The smallest absolute Gasteiger partial charge is 0.309 e. The van der Waals surface area contributed by atoms with E-state index in [0.29, 0.717) is 18.7 Å². The maximum absolute atomic E-state index is 11.7. The van der Waals surface area contributed by atoms with E-state index in [1.165, 1.54) is 24.3 Å². The van der Waals surface area contributed by atoms with Gasteiger partial charge in [-0.15, -0.1) is 0 Å². The predicted octanol–water partition coefficient (Wildman–Crippen LogP) is -0.592. The van der Waals surface area contributed by atoms with E-state index in [1.807, 2.05) is 13.8 Å². The number of hydrogen-bond donors (Lipinski definition) is 3. The molecule has 0 spiro atoms. The molecule has 8 nitrogen and oxygen atoms in total. The van der Waals surface area contributed by atoms with Crippen LogP contribution in [0.4, 0.5) is 0 Å². The molecule has 0 radical (unpaired) electrons. The summed E-state index contributed by atoms with van der Waals surface area (Å²) < 4.78 is 22.3. The molecule has 0 aromatic heterocycles. The van der Waals surface area contributed by atoms with Crippen molar-refractivity contribution >= 4 is 21.8 Å². The Kier molecular flexibility index (Phi) is 7.83. The first-order valence-corrected chi connectivity index (χ1v) is 9.22. The van der Waals surface area contributed by atoms with Crippen molar-refractivity contribution in [1.82, 2.24) is 15.5 Å². The summed E-state index contributed by atoms with van der Waals surface area (Å²) in [6.45, 7) is 7.02. The molecule has 24 heavy (non-hydrogen) atoms. The summed E-state index contributed by atoms with van der Waals surface area (Å²) in [7, 11) is -3.74. The van der Waals surface area contributed by atoms with Crippen LogP contribution in [0, 0.1) is 0 Å². The SMILES string of the molecule is CCN(CC)CCNC(=O)C(=O)NCc1ccc(S(N)(=O)=O)cc1. The Hall–Kier alpha value is -1.97. The second-order valence-corrected chi connectivity index (χ2v) is 6.72. The first-order chi connectivity index (χ1) is 11.3. The van der Waals surface area contributed by atoms with Crippen LogP contribution in [0.2, 0.25) is 0 Å². The monoisotopic (exact) mass is 356 g/mol. The molecule has 134 valence electrons. The predicted molar refractivity (Wildman–Crippen MR) is 90.5 cm³/mol. The normalized spacial score (nSPS) is 11.3. The Morgan fingerprint density at radius 2 is 1.58 bits per heavy atom. The highest BCUT2D eigenvalue weighted by atomic mass is 32.2. The fourth-order valence-corrected chi connectivity index (χ4v) is 2.52. The quantitative estimate of drug-likeness (QED) is 0.538. The van der Waals surface area contributed by atoms with E-state index in [2.05, 4.69) is 15.5 Å². The summed E-state index contributed by atoms with van der Waals surface area (Å²) in [5, 5.41) is 10.0. The highest BCUT2D eigenvalue weighted by Crippen LogP contribution is 2.08. The molecule has 0 fully saturated rings. The van der Waals surface area contributed by atoms with Gasteiger partial charge in [0.15, 0.2) is 0 Å². The van der Waals surface area contributed by atoms with E-state index in [0.717, 1.165) is 13.1 Å². The van der Waals surface area contributed by atoms with Crippen molar-refractivity contribution in [3.63, 3.8) is 0 Å². The molecule has 0 saturated heterocycles. The highest BCUT2D eigenvalue weighted by Gasteiger charge is 2.13. The zero-order valence-corrected chi connectivity index (χ0v) is 14.7. The van der Waals surface area contributed by atoms with Gasteiger partial charge in [0.2, 0.25) is 10.0 Å². The molecule has 1 rings (SSSR count). The van der Waals surface area contributed by atoms with E-state index in [1.54, 1.807) is 0 Å². The number of nitrogens with zero attached hydrogens (tertiary/aromatic N) is 1. The van der Waals surface area contributed by atoms with Crippen molar-refractivity contribution in [3.8, 4) is 0 Å². The van der Waals surface area contributed by atoms with Crippen LogP contribution in [0.3, 0.4) is 0 Å². The lowest BCUT2D eigenvalue weighted by Crippen LogP contribution is -2.42. The summed E-state index contributed by atoms with van der Waals surface area (Å²) in [6, 6.07) is 5.75. The second kappa shape index (κ2) is 9.36. The third-order valence-corrected chi connectivity index (χ3v) is 4.45. The number of hydrogen-bond acceptors (Lipinski definition) is 5. The number of rotatable bonds is 8. The Balaban J connectivity index is 2.41. The molecular weight excluding hydrogens is 332 g/mol. The molecule has 0 bridgehead atoms. The average Bonchev–Trinajstić information content (AvgIpc) is 2.56. The molecule has 0 heterocycles. The van der Waals surface area contributed by atoms with Crippen molar-refractivity contribution < 1.29 is 18.0 Å².